The van der Waals surface area contributed by atoms with E-state index in [1.807, 2.05) is 13.8 Å². The molecule has 0 fully saturated rings. The van der Waals surface area contributed by atoms with Crippen LogP contribution >= 0.6 is 7.14 Å². The minimum atomic E-state index is -4.52. The largest absolute Gasteiger partial charge is 0.490 e. The zero-order valence-electron chi connectivity index (χ0n) is 26.0. The van der Waals surface area contributed by atoms with E-state index in [4.69, 9.17) is 9.47 Å². The molecule has 0 saturated carbocycles. The van der Waals surface area contributed by atoms with E-state index in [1.165, 1.54) is 26.0 Å². The van der Waals surface area contributed by atoms with Crippen LogP contribution in [0.5, 0.6) is 5.75 Å². The van der Waals surface area contributed by atoms with E-state index in [0.717, 1.165) is 11.1 Å². The highest BCUT2D eigenvalue weighted by Crippen LogP contribution is 2.53. The molecular weight excluding hydrogens is 567 g/mol. The van der Waals surface area contributed by atoms with E-state index in [0.29, 0.717) is 33.6 Å². The summed E-state index contributed by atoms with van der Waals surface area (Å²) in [6.45, 7) is 13.1. The van der Waals surface area contributed by atoms with Crippen molar-refractivity contribution in [2.75, 3.05) is 19.4 Å². The van der Waals surface area contributed by atoms with Crippen LogP contribution in [0.4, 0.5) is 0 Å². The van der Waals surface area contributed by atoms with Crippen LogP contribution in [0.3, 0.4) is 0 Å². The number of aliphatic hydroxyl groups is 1. The average molecular weight is 607 g/mol. The fourth-order valence-electron chi connectivity index (χ4n) is 5.23. The summed E-state index contributed by atoms with van der Waals surface area (Å²) in [6.07, 6.45) is -0.877. The molecule has 0 heterocycles. The summed E-state index contributed by atoms with van der Waals surface area (Å²) in [7, 11) is -4.52. The molecule has 228 valence electrons. The highest BCUT2D eigenvalue weighted by Gasteiger charge is 2.45. The third-order valence-electron chi connectivity index (χ3n) is 7.08. The average Bonchev–Trinajstić information content (AvgIpc) is 2.89. The molecule has 0 atom stereocenters. The number of rotatable bonds is 12. The number of benzene rings is 3. The van der Waals surface area contributed by atoms with Crippen LogP contribution in [0, 0.1) is 41.5 Å². The Morgan fingerprint density at radius 2 is 1.14 bits per heavy atom. The van der Waals surface area contributed by atoms with E-state index in [9.17, 15) is 28.8 Å². The Morgan fingerprint density at radius 3 is 1.53 bits per heavy atom. The number of ether oxygens (including phenoxy) is 2. The summed E-state index contributed by atoms with van der Waals surface area (Å²) in [6, 6.07) is 13.2. The van der Waals surface area contributed by atoms with Gasteiger partial charge in [-0.3, -0.25) is 19.2 Å². The molecule has 0 bridgehead atoms. The van der Waals surface area contributed by atoms with Crippen molar-refractivity contribution >= 4 is 29.9 Å². The summed E-state index contributed by atoms with van der Waals surface area (Å²) >= 11 is 0. The zero-order valence-corrected chi connectivity index (χ0v) is 26.9. The summed E-state index contributed by atoms with van der Waals surface area (Å²) < 4.78 is 25.4. The first kappa shape index (κ1) is 33.6. The van der Waals surface area contributed by atoms with Crippen LogP contribution in [0.25, 0.3) is 0 Å². The van der Waals surface area contributed by atoms with E-state index >= 15 is 0 Å². The molecule has 9 heteroatoms. The molecular formula is C34H39O8P. The second kappa shape index (κ2) is 13.2. The molecule has 0 amide bonds. The van der Waals surface area contributed by atoms with Gasteiger partial charge < -0.3 is 19.1 Å². The number of hydrogen-bond acceptors (Lipinski definition) is 8. The van der Waals surface area contributed by atoms with Crippen LogP contribution in [0.1, 0.15) is 78.3 Å². The summed E-state index contributed by atoms with van der Waals surface area (Å²) in [5, 5.41) is 9.90. The van der Waals surface area contributed by atoms with Gasteiger partial charge >= 0.3 is 5.97 Å². The minimum Gasteiger partial charge on any atom is -0.490 e. The van der Waals surface area contributed by atoms with Crippen LogP contribution < -0.4 is 4.74 Å². The third-order valence-corrected chi connectivity index (χ3v) is 9.54. The van der Waals surface area contributed by atoms with Gasteiger partial charge in [-0.2, -0.15) is 0 Å². The zero-order chi connectivity index (χ0) is 32.3. The van der Waals surface area contributed by atoms with Gasteiger partial charge in [-0.1, -0.05) is 35.4 Å². The Balaban J connectivity index is 1.81. The number of hydrogen-bond donors (Lipinski definition) is 1. The van der Waals surface area contributed by atoms with Gasteiger partial charge in [0.15, 0.2) is 5.78 Å². The SMILES string of the molecule is Cc1cc(C)c(C(=O)P(=O)(CC(=O)OCCOc2ccc(C(=O)C(C)(C)O)cc2)C(=O)c2c(C)cc(C)cc2C)c(C)c1. The van der Waals surface area contributed by atoms with Crippen molar-refractivity contribution < 1.29 is 38.3 Å². The van der Waals surface area contributed by atoms with Crippen molar-refractivity contribution in [1.29, 1.82) is 0 Å². The summed E-state index contributed by atoms with van der Waals surface area (Å²) in [4.78, 5) is 53.1. The first-order valence-corrected chi connectivity index (χ1v) is 15.8. The molecule has 8 nitrogen and oxygen atoms in total. The van der Waals surface area contributed by atoms with Gasteiger partial charge in [-0.05, 0) is 102 Å². The monoisotopic (exact) mass is 606 g/mol. The Bertz CT molecular complexity index is 1510. The topological polar surface area (TPSA) is 124 Å². The van der Waals surface area contributed by atoms with Crippen LogP contribution in [-0.2, 0) is 14.1 Å². The van der Waals surface area contributed by atoms with Crippen molar-refractivity contribution in [1.82, 2.24) is 0 Å². The van der Waals surface area contributed by atoms with Crippen LogP contribution in [0.2, 0.25) is 0 Å². The first-order chi connectivity index (χ1) is 20.0. The molecule has 0 spiro atoms. The number of carbonyl (C=O) groups excluding carboxylic acids is 4. The lowest BCUT2D eigenvalue weighted by atomic mass is 9.97. The van der Waals surface area contributed by atoms with Gasteiger partial charge in [-0.15, -0.1) is 0 Å². The predicted octanol–water partition coefficient (Wildman–Crippen LogP) is 6.46. The van der Waals surface area contributed by atoms with Gasteiger partial charge in [0.1, 0.15) is 30.7 Å². The quantitative estimate of drug-likeness (QED) is 0.108. The van der Waals surface area contributed by atoms with Crippen molar-refractivity contribution in [3.05, 3.63) is 98.6 Å². The molecule has 0 aliphatic rings. The summed E-state index contributed by atoms with van der Waals surface area (Å²) in [5.74, 6) is -0.992. The van der Waals surface area contributed by atoms with Gasteiger partial charge in [0.25, 0.3) is 0 Å². The maximum atomic E-state index is 14.5. The third kappa shape index (κ3) is 7.75. The molecule has 0 aliphatic carbocycles. The molecule has 43 heavy (non-hydrogen) atoms. The molecule has 0 radical (unpaired) electrons. The fourth-order valence-corrected chi connectivity index (χ4v) is 7.58. The Kier molecular flexibility index (Phi) is 10.3. The molecule has 3 rings (SSSR count). The van der Waals surface area contributed by atoms with Crippen molar-refractivity contribution in [2.24, 2.45) is 0 Å². The maximum absolute atomic E-state index is 14.5. The van der Waals surface area contributed by atoms with Gasteiger partial charge in [0.05, 0.1) is 0 Å². The van der Waals surface area contributed by atoms with Crippen molar-refractivity contribution in [2.45, 2.75) is 61.0 Å². The molecule has 3 aromatic carbocycles. The summed E-state index contributed by atoms with van der Waals surface area (Å²) in [5.41, 5.74) is 1.55. The van der Waals surface area contributed by atoms with Crippen molar-refractivity contribution in [3.8, 4) is 5.75 Å². The number of carbonyl (C=O) groups is 4. The van der Waals surface area contributed by atoms with Gasteiger partial charge in [0, 0.05) is 16.7 Å². The molecule has 0 unspecified atom stereocenters. The van der Waals surface area contributed by atoms with E-state index < -0.39 is 41.7 Å². The molecule has 1 N–H and O–H groups in total. The second-order valence-electron chi connectivity index (χ2n) is 11.5. The van der Waals surface area contributed by atoms with E-state index in [-0.39, 0.29) is 24.3 Å². The smallest absolute Gasteiger partial charge is 0.314 e. The van der Waals surface area contributed by atoms with Gasteiger partial charge in [-0.25, -0.2) is 0 Å². The lowest BCUT2D eigenvalue weighted by Gasteiger charge is -2.20. The van der Waals surface area contributed by atoms with Gasteiger partial charge in [0.2, 0.25) is 18.2 Å². The number of Topliss-reactive ketones (excluding diaryl/α,β-unsaturated/α-hetero) is 1. The number of esters is 1. The Labute approximate surface area is 252 Å². The highest BCUT2D eigenvalue weighted by molar-refractivity contribution is 7.96. The standard InChI is InChI=1S/C34H39O8P/c1-20-15-22(3)29(23(4)16-20)32(37)43(40,33(38)30-24(5)17-21(2)18-25(30)6)19-28(35)42-14-13-41-27-11-9-26(10-12-27)31(36)34(7,8)39/h9-12,15-18,39H,13-14,19H2,1-8H3. The second-order valence-corrected chi connectivity index (χ2v) is 14.1. The van der Waals surface area contributed by atoms with E-state index in [2.05, 4.69) is 0 Å². The molecule has 0 aliphatic heterocycles. The van der Waals surface area contributed by atoms with Crippen molar-refractivity contribution in [3.63, 3.8) is 0 Å². The lowest BCUT2D eigenvalue weighted by Crippen LogP contribution is -2.30. The van der Waals surface area contributed by atoms with E-state index in [1.54, 1.807) is 64.1 Å². The molecule has 0 aromatic heterocycles. The molecule has 0 saturated heterocycles. The lowest BCUT2D eigenvalue weighted by molar-refractivity contribution is -0.141. The normalized spacial score (nSPS) is 11.7. The van der Waals surface area contributed by atoms with Crippen LogP contribution in [-0.4, -0.2) is 52.9 Å². The Morgan fingerprint density at radius 1 is 0.721 bits per heavy atom. The Hall–Kier alpha value is -3.87. The fraction of sp³-hybridized carbons (Fsp3) is 0.353. The highest BCUT2D eigenvalue weighted by atomic mass is 31.2. The number of aryl methyl sites for hydroxylation is 6. The van der Waals surface area contributed by atoms with Crippen LogP contribution in [0.15, 0.2) is 48.5 Å². The molecule has 3 aromatic rings. The maximum Gasteiger partial charge on any atom is 0.314 e. The number of ketones is 1. The minimum absolute atomic E-state index is 0.0664. The predicted molar refractivity (Wildman–Crippen MR) is 166 cm³/mol. The first-order valence-electron chi connectivity index (χ1n) is 14.0.